The number of methoxy groups -OCH3 is 1. The molecule has 0 aliphatic heterocycles. The molecule has 2 rings (SSSR count). The lowest BCUT2D eigenvalue weighted by molar-refractivity contribution is 0.143. The van der Waals surface area contributed by atoms with Crippen LogP contribution in [0.2, 0.25) is 0 Å². The van der Waals surface area contributed by atoms with Crippen molar-refractivity contribution in [2.45, 2.75) is 46.6 Å². The molecule has 1 aromatic rings. The van der Waals surface area contributed by atoms with Gasteiger partial charge in [0.1, 0.15) is 0 Å². The van der Waals surface area contributed by atoms with Crippen molar-refractivity contribution in [1.82, 2.24) is 5.32 Å². The van der Waals surface area contributed by atoms with Gasteiger partial charge in [0.05, 0.1) is 0 Å². The van der Waals surface area contributed by atoms with Gasteiger partial charge in [-0.2, -0.15) is 0 Å². The summed E-state index contributed by atoms with van der Waals surface area (Å²) in [5, 5.41) is 3.82. The van der Waals surface area contributed by atoms with Gasteiger partial charge in [-0.1, -0.05) is 52.0 Å². The van der Waals surface area contributed by atoms with Crippen LogP contribution in [0.15, 0.2) is 24.3 Å². The number of nitrogens with one attached hydrogen (secondary N) is 1. The SMILES string of the molecule is COCCC(C)(C)CNC1c2ccccc2CC1(C)C. The van der Waals surface area contributed by atoms with Crippen LogP contribution in [0.25, 0.3) is 0 Å². The van der Waals surface area contributed by atoms with E-state index in [2.05, 4.69) is 57.3 Å². The molecule has 20 heavy (non-hydrogen) atoms. The Labute approximate surface area is 123 Å². The smallest absolute Gasteiger partial charge is 0.0467 e. The van der Waals surface area contributed by atoms with Gasteiger partial charge in [-0.05, 0) is 34.8 Å². The van der Waals surface area contributed by atoms with Crippen molar-refractivity contribution < 1.29 is 4.74 Å². The molecule has 2 nitrogen and oxygen atoms in total. The number of hydrogen-bond acceptors (Lipinski definition) is 2. The van der Waals surface area contributed by atoms with Gasteiger partial charge in [-0.15, -0.1) is 0 Å². The summed E-state index contributed by atoms with van der Waals surface area (Å²) in [5.74, 6) is 0. The van der Waals surface area contributed by atoms with E-state index in [1.807, 2.05) is 0 Å². The van der Waals surface area contributed by atoms with Gasteiger partial charge in [-0.3, -0.25) is 0 Å². The highest BCUT2D eigenvalue weighted by Gasteiger charge is 2.38. The van der Waals surface area contributed by atoms with Crippen LogP contribution < -0.4 is 5.32 Å². The molecule has 1 atom stereocenters. The standard InChI is InChI=1S/C18H29NO/c1-17(2,10-11-20-5)13-19-16-15-9-7-6-8-14(15)12-18(16,3)4/h6-9,16,19H,10-13H2,1-5H3. The number of fused-ring (bicyclic) bond motifs is 1. The van der Waals surface area contributed by atoms with Crippen molar-refractivity contribution in [3.8, 4) is 0 Å². The molecule has 0 saturated heterocycles. The summed E-state index contributed by atoms with van der Waals surface area (Å²) in [6.07, 6.45) is 2.25. The highest BCUT2D eigenvalue weighted by atomic mass is 16.5. The molecule has 0 bridgehead atoms. The van der Waals surface area contributed by atoms with Gasteiger partial charge >= 0.3 is 0 Å². The Morgan fingerprint density at radius 3 is 2.70 bits per heavy atom. The zero-order chi connectivity index (χ0) is 14.8. The minimum Gasteiger partial charge on any atom is -0.385 e. The average Bonchev–Trinajstić information content (AvgIpc) is 2.64. The van der Waals surface area contributed by atoms with Crippen LogP contribution in [0.1, 0.15) is 51.3 Å². The second-order valence-corrected chi connectivity index (χ2v) is 7.59. The van der Waals surface area contributed by atoms with Crippen molar-refractivity contribution >= 4 is 0 Å². The van der Waals surface area contributed by atoms with Crippen LogP contribution in [-0.2, 0) is 11.2 Å². The monoisotopic (exact) mass is 275 g/mol. The molecule has 1 N–H and O–H groups in total. The first-order valence-electron chi connectivity index (χ1n) is 7.66. The van der Waals surface area contributed by atoms with Crippen LogP contribution in [0.5, 0.6) is 0 Å². The first kappa shape index (κ1) is 15.5. The second kappa shape index (κ2) is 5.87. The summed E-state index contributed by atoms with van der Waals surface area (Å²) in [6.45, 7) is 11.2. The minimum absolute atomic E-state index is 0.267. The summed E-state index contributed by atoms with van der Waals surface area (Å²) in [7, 11) is 1.78. The van der Waals surface area contributed by atoms with Crippen molar-refractivity contribution in [3.05, 3.63) is 35.4 Å². The third kappa shape index (κ3) is 3.42. The van der Waals surface area contributed by atoms with E-state index in [9.17, 15) is 0 Å². The molecular formula is C18H29NO. The predicted octanol–water partition coefficient (Wildman–Crippen LogP) is 3.96. The lowest BCUT2D eigenvalue weighted by Gasteiger charge is -2.33. The number of benzene rings is 1. The molecule has 112 valence electrons. The Hall–Kier alpha value is -0.860. The van der Waals surface area contributed by atoms with Gasteiger partial charge in [0.25, 0.3) is 0 Å². The Morgan fingerprint density at radius 2 is 2.00 bits per heavy atom. The number of rotatable bonds is 6. The van der Waals surface area contributed by atoms with E-state index >= 15 is 0 Å². The zero-order valence-corrected chi connectivity index (χ0v) is 13.6. The van der Waals surface area contributed by atoms with Crippen LogP contribution in [-0.4, -0.2) is 20.3 Å². The first-order chi connectivity index (χ1) is 9.36. The Balaban J connectivity index is 2.05. The van der Waals surface area contributed by atoms with Crippen molar-refractivity contribution in [2.75, 3.05) is 20.3 Å². The fraction of sp³-hybridized carbons (Fsp3) is 0.667. The Bertz CT molecular complexity index is 450. The second-order valence-electron chi connectivity index (χ2n) is 7.59. The highest BCUT2D eigenvalue weighted by molar-refractivity contribution is 5.37. The third-order valence-corrected chi connectivity index (χ3v) is 4.56. The molecule has 0 radical (unpaired) electrons. The number of ether oxygens (including phenoxy) is 1. The lowest BCUT2D eigenvalue weighted by Crippen LogP contribution is -2.37. The Kier molecular flexibility index (Phi) is 4.55. The minimum atomic E-state index is 0.267. The van der Waals surface area contributed by atoms with E-state index in [0.717, 1.165) is 19.6 Å². The molecule has 0 fully saturated rings. The van der Waals surface area contributed by atoms with Crippen molar-refractivity contribution in [2.24, 2.45) is 10.8 Å². The van der Waals surface area contributed by atoms with E-state index in [-0.39, 0.29) is 5.41 Å². The molecule has 0 aromatic heterocycles. The Morgan fingerprint density at radius 1 is 1.30 bits per heavy atom. The van der Waals surface area contributed by atoms with E-state index < -0.39 is 0 Å². The van der Waals surface area contributed by atoms with Crippen molar-refractivity contribution in [3.63, 3.8) is 0 Å². The summed E-state index contributed by atoms with van der Waals surface area (Å²) < 4.78 is 5.22. The molecule has 0 spiro atoms. The number of hydrogen-bond donors (Lipinski definition) is 1. The fourth-order valence-corrected chi connectivity index (χ4v) is 3.22. The van der Waals surface area contributed by atoms with Gasteiger partial charge in [-0.25, -0.2) is 0 Å². The van der Waals surface area contributed by atoms with Crippen molar-refractivity contribution in [1.29, 1.82) is 0 Å². The molecule has 0 saturated carbocycles. The summed E-state index contributed by atoms with van der Waals surface area (Å²) >= 11 is 0. The van der Waals surface area contributed by atoms with E-state index in [4.69, 9.17) is 4.74 Å². The van der Waals surface area contributed by atoms with Crippen LogP contribution in [0.3, 0.4) is 0 Å². The molecule has 0 heterocycles. The van der Waals surface area contributed by atoms with E-state index in [1.165, 1.54) is 17.5 Å². The van der Waals surface area contributed by atoms with Crippen LogP contribution in [0, 0.1) is 10.8 Å². The average molecular weight is 275 g/mol. The maximum Gasteiger partial charge on any atom is 0.0467 e. The molecule has 2 heteroatoms. The largest absolute Gasteiger partial charge is 0.385 e. The van der Waals surface area contributed by atoms with E-state index in [0.29, 0.717) is 11.5 Å². The molecule has 1 unspecified atom stereocenters. The van der Waals surface area contributed by atoms with Gasteiger partial charge in [0.2, 0.25) is 0 Å². The topological polar surface area (TPSA) is 21.3 Å². The van der Waals surface area contributed by atoms with Gasteiger partial charge < -0.3 is 10.1 Å². The normalized spacial score (nSPS) is 20.9. The lowest BCUT2D eigenvalue weighted by atomic mass is 9.83. The van der Waals surface area contributed by atoms with Crippen LogP contribution >= 0.6 is 0 Å². The quantitative estimate of drug-likeness (QED) is 0.848. The summed E-state index contributed by atoms with van der Waals surface area (Å²) in [6, 6.07) is 9.32. The maximum atomic E-state index is 5.22. The zero-order valence-electron chi connectivity index (χ0n) is 13.6. The highest BCUT2D eigenvalue weighted by Crippen LogP contribution is 2.45. The summed E-state index contributed by atoms with van der Waals surface area (Å²) in [5.41, 5.74) is 3.55. The predicted molar refractivity (Wildman–Crippen MR) is 84.9 cm³/mol. The first-order valence-corrected chi connectivity index (χ1v) is 7.66. The van der Waals surface area contributed by atoms with Gasteiger partial charge in [0.15, 0.2) is 0 Å². The van der Waals surface area contributed by atoms with Gasteiger partial charge in [0, 0.05) is 26.3 Å². The fourth-order valence-electron chi connectivity index (χ4n) is 3.22. The summed E-state index contributed by atoms with van der Waals surface area (Å²) in [4.78, 5) is 0. The molecule has 1 aromatic carbocycles. The van der Waals surface area contributed by atoms with Crippen LogP contribution in [0.4, 0.5) is 0 Å². The molecular weight excluding hydrogens is 246 g/mol. The van der Waals surface area contributed by atoms with E-state index in [1.54, 1.807) is 7.11 Å². The molecule has 1 aliphatic carbocycles. The molecule has 1 aliphatic rings. The third-order valence-electron chi connectivity index (χ3n) is 4.56. The molecule has 0 amide bonds. The maximum absolute atomic E-state index is 5.22.